The van der Waals surface area contributed by atoms with Crippen LogP contribution in [0, 0.1) is 12.7 Å². The minimum absolute atomic E-state index is 0.0573. The van der Waals surface area contributed by atoms with Crippen LogP contribution in [0.4, 0.5) is 23.2 Å². The van der Waals surface area contributed by atoms with Crippen molar-refractivity contribution < 1.29 is 22.4 Å². The highest BCUT2D eigenvalue weighted by molar-refractivity contribution is 5.97. The highest BCUT2D eigenvalue weighted by atomic mass is 19.4. The molecule has 11 heteroatoms. The molecule has 0 fully saturated rings. The number of amides is 1. The Morgan fingerprint density at radius 2 is 1.86 bits per heavy atom. The molecule has 4 aromatic rings. The number of hydrogen-bond acceptors (Lipinski definition) is 4. The van der Waals surface area contributed by atoms with Gasteiger partial charge in [0.15, 0.2) is 0 Å². The number of aromatic nitrogens is 5. The van der Waals surface area contributed by atoms with Gasteiger partial charge in [-0.15, -0.1) is 5.10 Å². The molecule has 0 bridgehead atoms. The zero-order valence-electron chi connectivity index (χ0n) is 18.6. The van der Waals surface area contributed by atoms with Gasteiger partial charge in [0.05, 0.1) is 18.2 Å². The lowest BCUT2D eigenvalue weighted by atomic mass is 10.1. The second kappa shape index (κ2) is 8.64. The average molecular weight is 484 g/mol. The molecular formula is C24H20F4N6O. The lowest BCUT2D eigenvalue weighted by Gasteiger charge is -2.26. The van der Waals surface area contributed by atoms with E-state index in [4.69, 9.17) is 0 Å². The third kappa shape index (κ3) is 4.66. The van der Waals surface area contributed by atoms with Crippen molar-refractivity contribution >= 4 is 11.6 Å². The lowest BCUT2D eigenvalue weighted by molar-refractivity contribution is -0.134. The third-order valence-electron chi connectivity index (χ3n) is 5.91. The first-order valence-corrected chi connectivity index (χ1v) is 10.9. The molecule has 7 nitrogen and oxygen atoms in total. The van der Waals surface area contributed by atoms with Crippen LogP contribution in [0.2, 0.25) is 0 Å². The smallest absolute Gasteiger partial charge is 0.306 e. The van der Waals surface area contributed by atoms with Crippen LogP contribution in [-0.2, 0) is 11.2 Å². The summed E-state index contributed by atoms with van der Waals surface area (Å²) in [6.45, 7) is 0.417. The Morgan fingerprint density at radius 1 is 1.09 bits per heavy atom. The van der Waals surface area contributed by atoms with Crippen molar-refractivity contribution in [1.82, 2.24) is 24.5 Å². The number of fused-ring (bicyclic) bond motifs is 1. The summed E-state index contributed by atoms with van der Waals surface area (Å²) in [4.78, 5) is 18.1. The molecule has 2 aromatic carbocycles. The predicted molar refractivity (Wildman–Crippen MR) is 119 cm³/mol. The molecule has 1 atom stereocenters. The fourth-order valence-corrected chi connectivity index (χ4v) is 4.25. The molecule has 0 N–H and O–H groups in total. The number of nitrogens with zero attached hydrogens (tertiary/aromatic N) is 6. The summed E-state index contributed by atoms with van der Waals surface area (Å²) in [5, 5.41) is 8.19. The highest BCUT2D eigenvalue weighted by Crippen LogP contribution is 2.34. The molecule has 1 aliphatic heterocycles. The Balaban J connectivity index is 1.43. The largest absolute Gasteiger partial charge is 0.406 e. The zero-order chi connectivity index (χ0) is 24.7. The van der Waals surface area contributed by atoms with Crippen molar-refractivity contribution in [3.8, 4) is 16.9 Å². The van der Waals surface area contributed by atoms with Crippen LogP contribution in [-0.4, -0.2) is 43.2 Å². The summed E-state index contributed by atoms with van der Waals surface area (Å²) in [6, 6.07) is 9.85. The van der Waals surface area contributed by atoms with Crippen molar-refractivity contribution in [2.24, 2.45) is 0 Å². The Hall–Kier alpha value is -4.02. The number of hydrogen-bond donors (Lipinski definition) is 0. The topological polar surface area (TPSA) is 68.8 Å². The third-order valence-corrected chi connectivity index (χ3v) is 5.91. The molecular weight excluding hydrogens is 464 g/mol. The van der Waals surface area contributed by atoms with Gasteiger partial charge in [0, 0.05) is 23.1 Å². The normalized spacial score (nSPS) is 16.3. The van der Waals surface area contributed by atoms with E-state index in [1.165, 1.54) is 16.8 Å². The molecule has 0 saturated carbocycles. The maximum atomic E-state index is 13.8. The Bertz CT molecular complexity index is 1380. The second-order valence-corrected chi connectivity index (χ2v) is 8.42. The first kappa shape index (κ1) is 22.8. The van der Waals surface area contributed by atoms with Crippen molar-refractivity contribution in [2.75, 3.05) is 11.4 Å². The van der Waals surface area contributed by atoms with Crippen LogP contribution in [0.25, 0.3) is 16.9 Å². The van der Waals surface area contributed by atoms with Gasteiger partial charge < -0.3 is 9.47 Å². The van der Waals surface area contributed by atoms with Crippen LogP contribution in [0.5, 0.6) is 0 Å². The van der Waals surface area contributed by atoms with Crippen molar-refractivity contribution in [1.29, 1.82) is 0 Å². The van der Waals surface area contributed by atoms with E-state index >= 15 is 0 Å². The zero-order valence-corrected chi connectivity index (χ0v) is 18.6. The molecule has 2 aromatic heterocycles. The molecule has 35 heavy (non-hydrogen) atoms. The first-order chi connectivity index (χ1) is 16.7. The number of anilines is 1. The molecule has 0 radical (unpaired) electrons. The maximum Gasteiger partial charge on any atom is 0.406 e. The first-order valence-electron chi connectivity index (χ1n) is 10.9. The van der Waals surface area contributed by atoms with Gasteiger partial charge in [-0.25, -0.2) is 14.1 Å². The van der Waals surface area contributed by atoms with E-state index in [-0.39, 0.29) is 18.5 Å². The van der Waals surface area contributed by atoms with Gasteiger partial charge in [0.1, 0.15) is 24.1 Å². The molecule has 0 saturated heterocycles. The van der Waals surface area contributed by atoms with E-state index in [0.717, 1.165) is 23.0 Å². The average Bonchev–Trinajstić information content (AvgIpc) is 3.44. The van der Waals surface area contributed by atoms with E-state index in [0.29, 0.717) is 16.2 Å². The Morgan fingerprint density at radius 3 is 2.54 bits per heavy atom. The summed E-state index contributed by atoms with van der Waals surface area (Å²) in [7, 11) is 0. The van der Waals surface area contributed by atoms with Crippen molar-refractivity contribution in [2.45, 2.75) is 32.0 Å². The standard InChI is InChI=1S/C24H20F4N6O/c1-15-11-32(14-29-15)19-6-2-16(3-7-19)20-12-34(31-30-20)22-8-4-17-10-18(25)5-9-21(17)33(23(22)35)13-24(26,27)28/h2-3,5-7,9-12,14,22H,4,8,13H2,1H3/t22-/m1/s1. The number of aryl methyl sites for hydroxylation is 2. The van der Waals surface area contributed by atoms with Gasteiger partial charge in [0.25, 0.3) is 5.91 Å². The van der Waals surface area contributed by atoms with Crippen LogP contribution >= 0.6 is 0 Å². The number of halogens is 4. The fraction of sp³-hybridized carbons (Fsp3) is 0.250. The number of alkyl halides is 3. The van der Waals surface area contributed by atoms with Gasteiger partial charge in [-0.05, 0) is 55.7 Å². The molecule has 3 heterocycles. The van der Waals surface area contributed by atoms with Crippen molar-refractivity contribution in [3.63, 3.8) is 0 Å². The van der Waals surface area contributed by atoms with Gasteiger partial charge >= 0.3 is 6.18 Å². The van der Waals surface area contributed by atoms with E-state index in [1.54, 1.807) is 12.5 Å². The summed E-state index contributed by atoms with van der Waals surface area (Å²) in [6.07, 6.45) is 0.881. The molecule has 0 spiro atoms. The molecule has 0 unspecified atom stereocenters. The van der Waals surface area contributed by atoms with Crippen LogP contribution in [0.3, 0.4) is 0 Å². The highest BCUT2D eigenvalue weighted by Gasteiger charge is 2.39. The van der Waals surface area contributed by atoms with E-state index in [1.807, 2.05) is 42.0 Å². The Labute approximate surface area is 197 Å². The summed E-state index contributed by atoms with van der Waals surface area (Å²) in [5.74, 6) is -1.34. The van der Waals surface area contributed by atoms with Crippen LogP contribution < -0.4 is 4.90 Å². The number of carbonyl (C=O) groups is 1. The minimum atomic E-state index is -4.63. The molecule has 0 aliphatic carbocycles. The van der Waals surface area contributed by atoms with Gasteiger partial charge in [-0.1, -0.05) is 17.3 Å². The number of imidazole rings is 1. The summed E-state index contributed by atoms with van der Waals surface area (Å²) in [5.41, 5.74) is 3.39. The molecule has 1 aliphatic rings. The van der Waals surface area contributed by atoms with Crippen LogP contribution in [0.15, 0.2) is 61.2 Å². The van der Waals surface area contributed by atoms with E-state index in [2.05, 4.69) is 15.3 Å². The monoisotopic (exact) mass is 484 g/mol. The predicted octanol–water partition coefficient (Wildman–Crippen LogP) is 4.66. The van der Waals surface area contributed by atoms with Gasteiger partial charge in [0.2, 0.25) is 0 Å². The Kier molecular flexibility index (Phi) is 5.62. The maximum absolute atomic E-state index is 13.8. The molecule has 5 rings (SSSR count). The number of rotatable bonds is 4. The number of carbonyl (C=O) groups excluding carboxylic acids is 1. The quantitative estimate of drug-likeness (QED) is 0.395. The van der Waals surface area contributed by atoms with E-state index in [9.17, 15) is 22.4 Å². The number of benzene rings is 2. The van der Waals surface area contributed by atoms with Crippen LogP contribution in [0.1, 0.15) is 23.7 Å². The second-order valence-electron chi connectivity index (χ2n) is 8.42. The molecule has 1 amide bonds. The fourth-order valence-electron chi connectivity index (χ4n) is 4.25. The lowest BCUT2D eigenvalue weighted by Crippen LogP contribution is -2.42. The molecule has 180 valence electrons. The minimum Gasteiger partial charge on any atom is -0.306 e. The van der Waals surface area contributed by atoms with Gasteiger partial charge in [-0.2, -0.15) is 13.2 Å². The summed E-state index contributed by atoms with van der Waals surface area (Å²) >= 11 is 0. The SMILES string of the molecule is Cc1cn(-c2ccc(-c3cn([C@@H]4CCc5cc(F)ccc5N(CC(F)(F)F)C4=O)nn3)cc2)cn1. The van der Waals surface area contributed by atoms with Gasteiger partial charge in [-0.3, -0.25) is 4.79 Å². The van der Waals surface area contributed by atoms with Crippen molar-refractivity contribution in [3.05, 3.63) is 78.3 Å². The summed E-state index contributed by atoms with van der Waals surface area (Å²) < 4.78 is 56.9. The van der Waals surface area contributed by atoms with E-state index < -0.39 is 30.5 Å².